The Morgan fingerprint density at radius 3 is 2.74 bits per heavy atom. The Balaban J connectivity index is 2.57. The molecule has 1 heterocycles. The molecular formula is C14H16N2O2S. The summed E-state index contributed by atoms with van der Waals surface area (Å²) in [6, 6.07) is 9.13. The normalized spacial score (nSPS) is 10.5. The molecule has 2 rings (SSSR count). The van der Waals surface area contributed by atoms with Gasteiger partial charge in [0.05, 0.1) is 6.61 Å². The molecule has 4 nitrogen and oxygen atoms in total. The molecule has 1 aromatic carbocycles. The number of rotatable bonds is 4. The summed E-state index contributed by atoms with van der Waals surface area (Å²) in [6.07, 6.45) is 1.80. The van der Waals surface area contributed by atoms with Crippen molar-refractivity contribution in [3.8, 4) is 16.9 Å². The van der Waals surface area contributed by atoms with E-state index in [4.69, 9.17) is 9.88 Å². The van der Waals surface area contributed by atoms with Gasteiger partial charge < -0.3 is 9.30 Å². The Labute approximate surface area is 116 Å². The minimum atomic E-state index is -0.0361. The zero-order valence-corrected chi connectivity index (χ0v) is 11.7. The van der Waals surface area contributed by atoms with E-state index in [0.717, 1.165) is 21.8 Å². The van der Waals surface area contributed by atoms with Crippen molar-refractivity contribution in [1.82, 2.24) is 4.57 Å². The van der Waals surface area contributed by atoms with Gasteiger partial charge in [-0.1, -0.05) is 0 Å². The van der Waals surface area contributed by atoms with E-state index in [1.54, 1.807) is 29.9 Å². The highest BCUT2D eigenvalue weighted by atomic mass is 32.2. The quantitative estimate of drug-likeness (QED) is 0.871. The van der Waals surface area contributed by atoms with Gasteiger partial charge in [0.25, 0.3) is 0 Å². The first-order chi connectivity index (χ1) is 9.15. The highest BCUT2D eigenvalue weighted by Gasteiger charge is 2.08. The fourth-order valence-electron chi connectivity index (χ4n) is 1.84. The van der Waals surface area contributed by atoms with E-state index in [-0.39, 0.29) is 5.56 Å². The standard InChI is InChI=1S/C14H16N2O2S/c1-3-18-13-6-5-11(19-15)8-12(13)10-4-7-14(17)16(2)9-10/h4-9H,3,15H2,1-2H3. The second-order valence-corrected chi connectivity index (χ2v) is 4.78. The van der Waals surface area contributed by atoms with E-state index in [1.165, 1.54) is 11.9 Å². The lowest BCUT2D eigenvalue weighted by atomic mass is 10.1. The van der Waals surface area contributed by atoms with Gasteiger partial charge in [0.15, 0.2) is 0 Å². The van der Waals surface area contributed by atoms with Crippen molar-refractivity contribution in [3.05, 3.63) is 46.9 Å². The van der Waals surface area contributed by atoms with Crippen LogP contribution in [0.3, 0.4) is 0 Å². The summed E-state index contributed by atoms with van der Waals surface area (Å²) in [5, 5.41) is 5.60. The van der Waals surface area contributed by atoms with Crippen LogP contribution in [-0.2, 0) is 7.05 Å². The molecule has 19 heavy (non-hydrogen) atoms. The zero-order valence-electron chi connectivity index (χ0n) is 10.9. The number of benzene rings is 1. The first kappa shape index (κ1) is 13.7. The molecule has 0 aliphatic carbocycles. The molecule has 2 aromatic rings. The van der Waals surface area contributed by atoms with Crippen LogP contribution in [0.15, 0.2) is 46.2 Å². The molecule has 0 bridgehead atoms. The van der Waals surface area contributed by atoms with Crippen LogP contribution in [0.1, 0.15) is 6.92 Å². The van der Waals surface area contributed by atoms with Gasteiger partial charge in [0.1, 0.15) is 5.75 Å². The van der Waals surface area contributed by atoms with E-state index in [1.807, 2.05) is 25.1 Å². The van der Waals surface area contributed by atoms with Crippen molar-refractivity contribution in [2.75, 3.05) is 6.61 Å². The van der Waals surface area contributed by atoms with Gasteiger partial charge in [0.2, 0.25) is 5.56 Å². The van der Waals surface area contributed by atoms with Crippen LogP contribution in [0.25, 0.3) is 11.1 Å². The lowest BCUT2D eigenvalue weighted by Crippen LogP contribution is -2.14. The van der Waals surface area contributed by atoms with E-state index in [0.29, 0.717) is 6.61 Å². The molecule has 2 N–H and O–H groups in total. The largest absolute Gasteiger partial charge is 0.493 e. The fraction of sp³-hybridized carbons (Fsp3) is 0.214. The number of ether oxygens (including phenoxy) is 1. The smallest absolute Gasteiger partial charge is 0.250 e. The predicted octanol–water partition coefficient (Wildman–Crippen LogP) is 2.42. The maximum atomic E-state index is 11.4. The number of aromatic nitrogens is 1. The molecule has 5 heteroatoms. The van der Waals surface area contributed by atoms with Gasteiger partial charge >= 0.3 is 0 Å². The average Bonchev–Trinajstić information content (AvgIpc) is 2.43. The molecule has 0 radical (unpaired) electrons. The molecule has 1 aromatic heterocycles. The molecular weight excluding hydrogens is 260 g/mol. The predicted molar refractivity (Wildman–Crippen MR) is 78.3 cm³/mol. The van der Waals surface area contributed by atoms with Crippen molar-refractivity contribution in [1.29, 1.82) is 0 Å². The van der Waals surface area contributed by atoms with Crippen LogP contribution in [-0.4, -0.2) is 11.2 Å². The number of pyridine rings is 1. The Morgan fingerprint density at radius 2 is 2.11 bits per heavy atom. The van der Waals surface area contributed by atoms with Gasteiger partial charge in [-0.05, 0) is 43.1 Å². The Hall–Kier alpha value is -1.72. The van der Waals surface area contributed by atoms with Crippen molar-refractivity contribution in [2.45, 2.75) is 11.8 Å². The van der Waals surface area contributed by atoms with Crippen molar-refractivity contribution < 1.29 is 4.74 Å². The van der Waals surface area contributed by atoms with Crippen LogP contribution >= 0.6 is 11.9 Å². The van der Waals surface area contributed by atoms with Gasteiger partial charge in [-0.3, -0.25) is 9.93 Å². The summed E-state index contributed by atoms with van der Waals surface area (Å²) in [5.74, 6) is 0.791. The lowest BCUT2D eigenvalue weighted by molar-refractivity contribution is 0.341. The second-order valence-electron chi connectivity index (χ2n) is 4.08. The molecule has 0 aliphatic rings. The van der Waals surface area contributed by atoms with Crippen molar-refractivity contribution in [2.24, 2.45) is 12.2 Å². The van der Waals surface area contributed by atoms with Crippen LogP contribution in [0.4, 0.5) is 0 Å². The van der Waals surface area contributed by atoms with E-state index in [9.17, 15) is 4.79 Å². The maximum Gasteiger partial charge on any atom is 0.250 e. The first-order valence-electron chi connectivity index (χ1n) is 5.96. The third-order valence-corrected chi connectivity index (χ3v) is 3.31. The number of nitrogens with zero attached hydrogens (tertiary/aromatic N) is 1. The first-order valence-corrected chi connectivity index (χ1v) is 6.84. The number of nitrogens with two attached hydrogens (primary N) is 1. The summed E-state index contributed by atoms with van der Waals surface area (Å²) >= 11 is 1.19. The summed E-state index contributed by atoms with van der Waals surface area (Å²) in [5.41, 5.74) is 1.83. The minimum Gasteiger partial charge on any atom is -0.493 e. The topological polar surface area (TPSA) is 57.2 Å². The summed E-state index contributed by atoms with van der Waals surface area (Å²) in [7, 11) is 1.73. The van der Waals surface area contributed by atoms with Crippen molar-refractivity contribution in [3.63, 3.8) is 0 Å². The Kier molecular flexibility index (Phi) is 4.29. The molecule has 0 atom stereocenters. The monoisotopic (exact) mass is 276 g/mol. The van der Waals surface area contributed by atoms with E-state index in [2.05, 4.69) is 0 Å². The van der Waals surface area contributed by atoms with Crippen LogP contribution in [0.2, 0.25) is 0 Å². The molecule has 0 unspecified atom stereocenters. The van der Waals surface area contributed by atoms with Crippen LogP contribution in [0.5, 0.6) is 5.75 Å². The van der Waals surface area contributed by atoms with E-state index < -0.39 is 0 Å². The number of hydrogen-bond donors (Lipinski definition) is 1. The van der Waals surface area contributed by atoms with Crippen LogP contribution < -0.4 is 15.4 Å². The Morgan fingerprint density at radius 1 is 1.32 bits per heavy atom. The van der Waals surface area contributed by atoms with Crippen molar-refractivity contribution >= 4 is 11.9 Å². The highest BCUT2D eigenvalue weighted by molar-refractivity contribution is 7.97. The van der Waals surface area contributed by atoms with Gasteiger partial charge in [-0.25, -0.2) is 0 Å². The number of hydrogen-bond acceptors (Lipinski definition) is 4. The van der Waals surface area contributed by atoms with Crippen LogP contribution in [0, 0.1) is 0 Å². The summed E-state index contributed by atoms with van der Waals surface area (Å²) in [6.45, 7) is 2.53. The van der Waals surface area contributed by atoms with E-state index >= 15 is 0 Å². The van der Waals surface area contributed by atoms with Gasteiger partial charge in [-0.15, -0.1) is 0 Å². The minimum absolute atomic E-state index is 0.0361. The third kappa shape index (κ3) is 3.00. The molecule has 0 spiro atoms. The molecule has 0 amide bonds. The molecule has 0 saturated carbocycles. The molecule has 0 fully saturated rings. The maximum absolute atomic E-state index is 11.4. The lowest BCUT2D eigenvalue weighted by Gasteiger charge is -2.12. The SMILES string of the molecule is CCOc1ccc(SN)cc1-c1ccc(=O)n(C)c1. The summed E-state index contributed by atoms with van der Waals surface area (Å²) < 4.78 is 7.17. The third-order valence-electron chi connectivity index (χ3n) is 2.78. The van der Waals surface area contributed by atoms with Gasteiger partial charge in [0, 0.05) is 35.3 Å². The molecule has 100 valence electrons. The summed E-state index contributed by atoms with van der Waals surface area (Å²) in [4.78, 5) is 12.4. The fourth-order valence-corrected chi connectivity index (χ4v) is 2.18. The highest BCUT2D eigenvalue weighted by Crippen LogP contribution is 2.32. The average molecular weight is 276 g/mol. The Bertz CT molecular complexity index is 638. The zero-order chi connectivity index (χ0) is 13.8. The second kappa shape index (κ2) is 5.95. The molecule has 0 aliphatic heterocycles. The molecule has 0 saturated heterocycles. The number of aryl methyl sites for hydroxylation is 1. The van der Waals surface area contributed by atoms with Gasteiger partial charge in [-0.2, -0.15) is 0 Å².